The molecule has 0 saturated heterocycles. The molecule has 4 aromatic rings. The van der Waals surface area contributed by atoms with Crippen molar-refractivity contribution in [3.63, 3.8) is 0 Å². The smallest absolute Gasteiger partial charge is 0.231 e. The van der Waals surface area contributed by atoms with Crippen molar-refractivity contribution in [3.05, 3.63) is 74.9 Å². The van der Waals surface area contributed by atoms with Crippen molar-refractivity contribution in [2.24, 2.45) is 0 Å². The van der Waals surface area contributed by atoms with Gasteiger partial charge in [-0.2, -0.15) is 0 Å². The molecule has 0 spiro atoms. The molecule has 212 valence electrons. The van der Waals surface area contributed by atoms with Gasteiger partial charge >= 0.3 is 0 Å². The molecule has 2 aliphatic rings. The maximum Gasteiger partial charge on any atom is 0.231 e. The molecule has 4 aromatic carbocycles. The van der Waals surface area contributed by atoms with Crippen LogP contribution in [0.2, 0.25) is 0 Å². The van der Waals surface area contributed by atoms with Crippen LogP contribution in [0.5, 0.6) is 51.7 Å². The van der Waals surface area contributed by atoms with E-state index in [0.29, 0.717) is 0 Å². The largest absolute Gasteiger partial charge is 0.508 e. The number of fused-ring (bicyclic) bond motifs is 3. The molecule has 2 unspecified atom stereocenters. The summed E-state index contributed by atoms with van der Waals surface area (Å²) in [4.78, 5) is 13.2. The lowest BCUT2D eigenvalue weighted by molar-refractivity contribution is 0.0193. The lowest BCUT2D eigenvalue weighted by atomic mass is 9.90. The number of aliphatic hydroxyl groups excluding tert-OH is 2. The third-order valence-corrected chi connectivity index (χ3v) is 7.43. The van der Waals surface area contributed by atoms with Crippen LogP contribution in [0.25, 0.3) is 10.8 Å². The van der Waals surface area contributed by atoms with Crippen LogP contribution < -0.4 is 14.9 Å². The lowest BCUT2D eigenvalue weighted by Crippen LogP contribution is -2.31. The van der Waals surface area contributed by atoms with Gasteiger partial charge in [-0.15, -0.1) is 0 Å². The Morgan fingerprint density at radius 2 is 1.15 bits per heavy atom. The van der Waals surface area contributed by atoms with Gasteiger partial charge in [-0.1, -0.05) is 0 Å². The van der Waals surface area contributed by atoms with Gasteiger partial charge in [-0.25, -0.2) is 0 Å². The van der Waals surface area contributed by atoms with Gasteiger partial charge in [-0.3, -0.25) is 4.79 Å². The van der Waals surface area contributed by atoms with Crippen LogP contribution in [0, 0.1) is 0 Å². The summed E-state index contributed by atoms with van der Waals surface area (Å²) >= 11 is 0. The van der Waals surface area contributed by atoms with Crippen molar-refractivity contribution in [2.45, 2.75) is 37.3 Å². The number of phenolic OH excluding ortho intramolecular Hbond substituents is 6. The first-order chi connectivity index (χ1) is 19.4. The molecule has 0 fully saturated rings. The molecule has 4 atom stereocenters. The molecule has 12 heteroatoms. The fraction of sp³-hybridized carbons (Fsp3) is 0.207. The molecule has 2 aliphatic heterocycles. The molecule has 12 nitrogen and oxygen atoms in total. The molecule has 0 amide bonds. The maximum absolute atomic E-state index is 13.2. The van der Waals surface area contributed by atoms with E-state index in [-0.39, 0.29) is 75.0 Å². The van der Waals surface area contributed by atoms with Crippen LogP contribution in [0.15, 0.2) is 47.3 Å². The number of rotatable bonds is 2. The Hall–Kier alpha value is -5.07. The molecule has 0 aliphatic carbocycles. The van der Waals surface area contributed by atoms with E-state index >= 15 is 0 Å². The highest BCUT2D eigenvalue weighted by Crippen LogP contribution is 2.47. The highest BCUT2D eigenvalue weighted by Gasteiger charge is 2.36. The maximum atomic E-state index is 13.2. The van der Waals surface area contributed by atoms with Crippen molar-refractivity contribution in [3.8, 4) is 51.7 Å². The average Bonchev–Trinajstić information content (AvgIpc) is 3.03. The molecule has 9 N–H and O–H groups in total. The molecule has 41 heavy (non-hydrogen) atoms. The van der Waals surface area contributed by atoms with Gasteiger partial charge in [0.15, 0.2) is 23.4 Å². The van der Waals surface area contributed by atoms with E-state index < -0.39 is 52.5 Å². The number of aliphatic hydroxyl groups is 2. The predicted octanol–water partition coefficient (Wildman–Crippen LogP) is 2.21. The molecular formula is C29H24O12. The highest BCUT2D eigenvalue weighted by molar-refractivity contribution is 5.94. The number of ether oxygens (including phenoxy) is 2. The van der Waals surface area contributed by atoms with E-state index in [1.807, 2.05) is 0 Å². The van der Waals surface area contributed by atoms with Crippen LogP contribution in [0.3, 0.4) is 0 Å². The van der Waals surface area contributed by atoms with Crippen LogP contribution >= 0.6 is 0 Å². The number of aromatic hydroxyl groups is 7. The Morgan fingerprint density at radius 1 is 0.610 bits per heavy atom. The van der Waals surface area contributed by atoms with Crippen molar-refractivity contribution in [1.82, 2.24) is 0 Å². The normalized spacial score (nSPS) is 21.4. The van der Waals surface area contributed by atoms with Gasteiger partial charge in [-0.05, 0) is 29.1 Å². The minimum Gasteiger partial charge on any atom is -0.508 e. The van der Waals surface area contributed by atoms with Crippen LogP contribution in [-0.2, 0) is 12.8 Å². The van der Waals surface area contributed by atoms with Crippen molar-refractivity contribution < 1.29 is 55.4 Å². The summed E-state index contributed by atoms with van der Waals surface area (Å²) < 4.78 is 11.8. The Kier molecular flexibility index (Phi) is 5.90. The Labute approximate surface area is 230 Å². The van der Waals surface area contributed by atoms with Gasteiger partial charge in [0.1, 0.15) is 40.6 Å². The van der Waals surface area contributed by atoms with E-state index in [9.17, 15) is 50.8 Å². The van der Waals surface area contributed by atoms with E-state index in [0.717, 1.165) is 24.3 Å². The molecule has 6 rings (SSSR count). The Bertz CT molecular complexity index is 1800. The average molecular weight is 564 g/mol. The molecular weight excluding hydrogens is 540 g/mol. The first-order valence-corrected chi connectivity index (χ1v) is 12.5. The third-order valence-electron chi connectivity index (χ3n) is 7.43. The fourth-order valence-electron chi connectivity index (χ4n) is 5.52. The second kappa shape index (κ2) is 9.25. The summed E-state index contributed by atoms with van der Waals surface area (Å²) in [7, 11) is 0. The topological polar surface area (TPSA) is 218 Å². The van der Waals surface area contributed by atoms with Crippen molar-refractivity contribution in [1.29, 1.82) is 0 Å². The first kappa shape index (κ1) is 26.2. The highest BCUT2D eigenvalue weighted by atomic mass is 16.5. The van der Waals surface area contributed by atoms with Crippen molar-refractivity contribution >= 4 is 10.8 Å². The minimum absolute atomic E-state index is 0.00576. The van der Waals surface area contributed by atoms with Crippen LogP contribution in [-0.4, -0.2) is 58.2 Å². The number of benzene rings is 3. The predicted molar refractivity (Wildman–Crippen MR) is 141 cm³/mol. The summed E-state index contributed by atoms with van der Waals surface area (Å²) in [6.07, 6.45) is -5.40. The van der Waals surface area contributed by atoms with E-state index in [1.54, 1.807) is 0 Å². The number of phenols is 6. The summed E-state index contributed by atoms with van der Waals surface area (Å²) in [6.45, 7) is 0. The zero-order chi connectivity index (χ0) is 29.3. The van der Waals surface area contributed by atoms with Crippen molar-refractivity contribution in [2.75, 3.05) is 0 Å². The van der Waals surface area contributed by atoms with E-state index in [2.05, 4.69) is 0 Å². The number of hydrogen-bond donors (Lipinski definition) is 9. The van der Waals surface area contributed by atoms with Crippen LogP contribution in [0.1, 0.15) is 34.5 Å². The summed E-state index contributed by atoms with van der Waals surface area (Å²) in [5.74, 6) is -3.57. The summed E-state index contributed by atoms with van der Waals surface area (Å²) in [6, 6.07) is 8.05. The Morgan fingerprint density at radius 3 is 1.73 bits per heavy atom. The van der Waals surface area contributed by atoms with Gasteiger partial charge < -0.3 is 55.4 Å². The van der Waals surface area contributed by atoms with Gasteiger partial charge in [0.05, 0.1) is 17.6 Å². The molecule has 0 radical (unpaired) electrons. The first-order valence-electron chi connectivity index (χ1n) is 12.5. The quantitative estimate of drug-likeness (QED) is 0.160. The standard InChI is InChI=1S/C29H24O12/c30-11-3-17(32)15-8-21(36)28(40-23(15)5-11)10-1-13-14(7-20(35)27(39)25(13)26(38)19(34)2-10)29-22(37)9-16-18(33)4-12(31)6-24(16)41-29/h1-7,21-22,28-33,35-37,39H,8-9H2,(H,34,38)/t21-,22+,28?,29?/m1/s1. The van der Waals surface area contributed by atoms with Gasteiger partial charge in [0.25, 0.3) is 0 Å². The monoisotopic (exact) mass is 564 g/mol. The van der Waals surface area contributed by atoms with E-state index in [4.69, 9.17) is 9.47 Å². The summed E-state index contributed by atoms with van der Waals surface area (Å²) in [5, 5.41) is 93.5. The SMILES string of the molecule is O=c1c(O)cc(C2Oc3cc(O)cc(O)c3C[C@H]2O)cc2c(C3Oc4cc(O)cc(O)c4C[C@@H]3O)cc(O)c(O)c12. The summed E-state index contributed by atoms with van der Waals surface area (Å²) in [5.41, 5.74) is -0.578. The fourth-order valence-corrected chi connectivity index (χ4v) is 5.52. The molecule has 0 saturated carbocycles. The van der Waals surface area contributed by atoms with Gasteiger partial charge in [0.2, 0.25) is 5.43 Å². The molecule has 0 aromatic heterocycles. The number of hydrogen-bond acceptors (Lipinski definition) is 12. The van der Waals surface area contributed by atoms with E-state index in [1.165, 1.54) is 18.2 Å². The minimum atomic E-state index is -1.34. The zero-order valence-electron chi connectivity index (χ0n) is 21.0. The third kappa shape index (κ3) is 4.20. The molecule has 2 heterocycles. The van der Waals surface area contributed by atoms with Crippen LogP contribution in [0.4, 0.5) is 0 Å². The van der Waals surface area contributed by atoms with Gasteiger partial charge in [0, 0.05) is 53.8 Å². The molecule has 0 bridgehead atoms. The second-order valence-corrected chi connectivity index (χ2v) is 10.1. The lowest BCUT2D eigenvalue weighted by Gasteiger charge is -2.32. The second-order valence-electron chi connectivity index (χ2n) is 10.1. The zero-order valence-corrected chi connectivity index (χ0v) is 21.0. The Balaban J connectivity index is 1.56.